The fraction of sp³-hybridized carbons (Fsp3) is 0.222. The van der Waals surface area contributed by atoms with E-state index in [0.29, 0.717) is 29.2 Å². The van der Waals surface area contributed by atoms with Crippen molar-refractivity contribution in [2.24, 2.45) is 0 Å². The summed E-state index contributed by atoms with van der Waals surface area (Å²) in [7, 11) is 0. The highest BCUT2D eigenvalue weighted by Crippen LogP contribution is 2.40. The van der Waals surface area contributed by atoms with Gasteiger partial charge in [0, 0.05) is 17.9 Å². The molecule has 29 heavy (non-hydrogen) atoms. The first-order chi connectivity index (χ1) is 13.8. The first kappa shape index (κ1) is 19.6. The highest BCUT2D eigenvalue weighted by atomic mass is 32.2. The number of fused-ring (bicyclic) bond motifs is 1. The van der Waals surface area contributed by atoms with Gasteiger partial charge in [-0.05, 0) is 6.07 Å². The standard InChI is InChI=1S/C18H13F3N4O2S2/c19-18(20,21)11-8-12(10-4-2-1-3-5-10)22-15-14(11)29-16(24-15)23-13(26)9-25-6-7-28-17(25)27/h1-5,8H,6-7,9H2,(H,22,23,24,26). The number of carbonyl (C=O) groups excluding carboxylic acids is 2. The minimum Gasteiger partial charge on any atom is -0.323 e. The number of benzene rings is 1. The molecule has 150 valence electrons. The van der Waals surface area contributed by atoms with E-state index in [1.54, 1.807) is 30.3 Å². The lowest BCUT2D eigenvalue weighted by molar-refractivity contribution is -0.136. The van der Waals surface area contributed by atoms with Crippen molar-refractivity contribution in [2.45, 2.75) is 6.18 Å². The van der Waals surface area contributed by atoms with Crippen LogP contribution in [0.25, 0.3) is 21.6 Å². The molecule has 4 rings (SSSR count). The minimum atomic E-state index is -4.60. The molecule has 6 nitrogen and oxygen atoms in total. The van der Waals surface area contributed by atoms with Crippen molar-refractivity contribution in [1.82, 2.24) is 14.9 Å². The van der Waals surface area contributed by atoms with E-state index in [1.165, 1.54) is 4.90 Å². The van der Waals surface area contributed by atoms with Crippen molar-refractivity contribution in [3.05, 3.63) is 42.0 Å². The molecule has 0 radical (unpaired) electrons. The molecule has 0 aliphatic carbocycles. The highest BCUT2D eigenvalue weighted by Gasteiger charge is 2.35. The molecule has 1 aromatic carbocycles. The van der Waals surface area contributed by atoms with Gasteiger partial charge in [0.05, 0.1) is 16.0 Å². The SMILES string of the molecule is O=C(CN1CCSC1=O)Nc1nc2nc(-c3ccccc3)cc(C(F)(F)F)c2s1. The average Bonchev–Trinajstić information content (AvgIpc) is 3.26. The Morgan fingerprint density at radius 1 is 1.21 bits per heavy atom. The molecular weight excluding hydrogens is 425 g/mol. The summed E-state index contributed by atoms with van der Waals surface area (Å²) in [6, 6.07) is 9.48. The molecule has 1 aliphatic heterocycles. The number of nitrogens with one attached hydrogen (secondary N) is 1. The summed E-state index contributed by atoms with van der Waals surface area (Å²) >= 11 is 1.83. The quantitative estimate of drug-likeness (QED) is 0.650. The molecule has 0 atom stereocenters. The molecule has 0 unspecified atom stereocenters. The molecular formula is C18H13F3N4O2S2. The van der Waals surface area contributed by atoms with Gasteiger partial charge in [-0.25, -0.2) is 4.98 Å². The number of pyridine rings is 1. The zero-order valence-corrected chi connectivity index (χ0v) is 16.3. The zero-order chi connectivity index (χ0) is 20.6. The predicted octanol–water partition coefficient (Wildman–Crippen LogP) is 4.48. The Labute approximate surface area is 171 Å². The summed E-state index contributed by atoms with van der Waals surface area (Å²) in [4.78, 5) is 33.5. The maximum Gasteiger partial charge on any atom is 0.417 e. The number of thioether (sulfide) groups is 1. The Kier molecular flexibility index (Phi) is 5.17. The Morgan fingerprint density at radius 2 is 1.97 bits per heavy atom. The van der Waals surface area contributed by atoms with Crippen LogP contribution in [0.1, 0.15) is 5.56 Å². The van der Waals surface area contributed by atoms with Crippen molar-refractivity contribution < 1.29 is 22.8 Å². The Balaban J connectivity index is 1.67. The van der Waals surface area contributed by atoms with E-state index in [-0.39, 0.29) is 33.0 Å². The molecule has 0 bridgehead atoms. The van der Waals surface area contributed by atoms with Crippen LogP contribution in [0.15, 0.2) is 36.4 Å². The zero-order valence-electron chi connectivity index (χ0n) is 14.7. The summed E-state index contributed by atoms with van der Waals surface area (Å²) in [5.74, 6) is 0.0886. The van der Waals surface area contributed by atoms with Gasteiger partial charge in [0.2, 0.25) is 5.91 Å². The number of thiazole rings is 1. The van der Waals surface area contributed by atoms with Gasteiger partial charge in [0.25, 0.3) is 5.24 Å². The Bertz CT molecular complexity index is 1090. The normalized spacial score (nSPS) is 14.6. The third kappa shape index (κ3) is 4.20. The Hall–Kier alpha value is -2.66. The van der Waals surface area contributed by atoms with Crippen LogP contribution in [0.2, 0.25) is 0 Å². The van der Waals surface area contributed by atoms with Crippen LogP contribution >= 0.6 is 23.1 Å². The minimum absolute atomic E-state index is 0.00695. The lowest BCUT2D eigenvalue weighted by Gasteiger charge is -2.12. The summed E-state index contributed by atoms with van der Waals surface area (Å²) in [5, 5.41) is 2.29. The molecule has 1 saturated heterocycles. The molecule has 1 N–H and O–H groups in total. The number of amides is 2. The molecule has 1 fully saturated rings. The third-order valence-corrected chi connectivity index (χ3v) is 6.05. The maximum atomic E-state index is 13.6. The molecule has 11 heteroatoms. The van der Waals surface area contributed by atoms with Gasteiger partial charge in [0.1, 0.15) is 6.54 Å². The van der Waals surface area contributed by atoms with Gasteiger partial charge < -0.3 is 10.2 Å². The number of alkyl halides is 3. The first-order valence-electron chi connectivity index (χ1n) is 8.47. The van der Waals surface area contributed by atoms with Crippen LogP contribution in [0.4, 0.5) is 23.1 Å². The largest absolute Gasteiger partial charge is 0.417 e. The van der Waals surface area contributed by atoms with Gasteiger partial charge in [-0.15, -0.1) is 0 Å². The summed E-state index contributed by atoms with van der Waals surface area (Å²) in [6.07, 6.45) is -4.60. The smallest absolute Gasteiger partial charge is 0.323 e. The number of nitrogens with zero attached hydrogens (tertiary/aromatic N) is 3. The maximum absolute atomic E-state index is 13.6. The van der Waals surface area contributed by atoms with Crippen LogP contribution in [0, 0.1) is 0 Å². The monoisotopic (exact) mass is 438 g/mol. The number of rotatable bonds is 4. The second-order valence-electron chi connectivity index (χ2n) is 6.17. The van der Waals surface area contributed by atoms with Gasteiger partial charge in [-0.3, -0.25) is 9.59 Å². The van der Waals surface area contributed by atoms with Gasteiger partial charge in [0.15, 0.2) is 10.8 Å². The van der Waals surface area contributed by atoms with Gasteiger partial charge in [-0.2, -0.15) is 18.2 Å². The van der Waals surface area contributed by atoms with E-state index < -0.39 is 17.6 Å². The number of hydrogen-bond donors (Lipinski definition) is 1. The summed E-state index contributed by atoms with van der Waals surface area (Å²) in [6.45, 7) is 0.285. The Morgan fingerprint density at radius 3 is 2.62 bits per heavy atom. The number of anilines is 1. The van der Waals surface area contributed by atoms with Crippen molar-refractivity contribution in [2.75, 3.05) is 24.2 Å². The number of halogens is 3. The van der Waals surface area contributed by atoms with Crippen molar-refractivity contribution in [3.63, 3.8) is 0 Å². The molecule has 2 amide bonds. The van der Waals surface area contributed by atoms with Crippen LogP contribution in [-0.2, 0) is 11.0 Å². The summed E-state index contributed by atoms with van der Waals surface area (Å²) in [5.41, 5.74) is -0.269. The van der Waals surface area contributed by atoms with E-state index in [0.717, 1.165) is 17.8 Å². The van der Waals surface area contributed by atoms with E-state index in [2.05, 4.69) is 15.3 Å². The second kappa shape index (κ2) is 7.64. The van der Waals surface area contributed by atoms with E-state index >= 15 is 0 Å². The predicted molar refractivity (Wildman–Crippen MR) is 106 cm³/mol. The van der Waals surface area contributed by atoms with Crippen molar-refractivity contribution in [3.8, 4) is 11.3 Å². The second-order valence-corrected chi connectivity index (χ2v) is 8.22. The van der Waals surface area contributed by atoms with E-state index in [9.17, 15) is 22.8 Å². The van der Waals surface area contributed by atoms with Crippen LogP contribution < -0.4 is 5.32 Å². The highest BCUT2D eigenvalue weighted by molar-refractivity contribution is 8.13. The average molecular weight is 438 g/mol. The van der Waals surface area contributed by atoms with E-state index in [1.807, 2.05) is 0 Å². The van der Waals surface area contributed by atoms with Crippen molar-refractivity contribution >= 4 is 49.7 Å². The molecule has 0 saturated carbocycles. The van der Waals surface area contributed by atoms with E-state index in [4.69, 9.17) is 0 Å². The van der Waals surface area contributed by atoms with Crippen LogP contribution in [0.3, 0.4) is 0 Å². The molecule has 3 heterocycles. The summed E-state index contributed by atoms with van der Waals surface area (Å²) < 4.78 is 40.7. The number of carbonyl (C=O) groups is 2. The van der Waals surface area contributed by atoms with Crippen LogP contribution in [0.5, 0.6) is 0 Å². The lowest BCUT2D eigenvalue weighted by Crippen LogP contribution is -2.33. The first-order valence-corrected chi connectivity index (χ1v) is 10.3. The molecule has 2 aromatic heterocycles. The van der Waals surface area contributed by atoms with Crippen molar-refractivity contribution in [1.29, 1.82) is 0 Å². The topological polar surface area (TPSA) is 75.2 Å². The molecule has 0 spiro atoms. The fourth-order valence-corrected chi connectivity index (χ4v) is 4.62. The van der Waals surface area contributed by atoms with Crippen LogP contribution in [-0.4, -0.2) is 44.9 Å². The fourth-order valence-electron chi connectivity index (χ4n) is 2.83. The van der Waals surface area contributed by atoms with Gasteiger partial charge in [-0.1, -0.05) is 53.4 Å². The number of hydrogen-bond acceptors (Lipinski definition) is 6. The third-order valence-electron chi connectivity index (χ3n) is 4.16. The number of aromatic nitrogens is 2. The van der Waals surface area contributed by atoms with Gasteiger partial charge >= 0.3 is 6.18 Å². The molecule has 1 aliphatic rings. The molecule has 3 aromatic rings. The lowest BCUT2D eigenvalue weighted by atomic mass is 10.1.